The summed E-state index contributed by atoms with van der Waals surface area (Å²) >= 11 is 0. The standard InChI is InChI=1S/C30H44N2O8/c1-20(2)17-23-13-14-26(33)38-16-15-24(32-30(37)39-19-22-11-7-4-8-12-22)28(35)31-25(27(34)29(36)40-23)18-21-9-5-3-6-10-21/h4,7-8,11-12,20-21,23-25,27,34H,3,5-6,9-10,13-19H2,1-2H3,(H,31,35)(H,32,37)/t23?,24-,25-,27+/m0/s1. The summed E-state index contributed by atoms with van der Waals surface area (Å²) in [7, 11) is 0. The molecule has 1 aliphatic carbocycles. The molecule has 40 heavy (non-hydrogen) atoms. The second kappa shape index (κ2) is 16.2. The summed E-state index contributed by atoms with van der Waals surface area (Å²) in [4.78, 5) is 51.4. The van der Waals surface area contributed by atoms with Crippen molar-refractivity contribution in [3.63, 3.8) is 0 Å². The Hall–Kier alpha value is -3.14. The number of nitrogens with one attached hydrogen (secondary N) is 2. The molecule has 1 unspecified atom stereocenters. The molecule has 1 aromatic carbocycles. The molecule has 222 valence electrons. The van der Waals surface area contributed by atoms with Gasteiger partial charge in [0.1, 0.15) is 18.8 Å². The van der Waals surface area contributed by atoms with Crippen LogP contribution in [0, 0.1) is 11.8 Å². The molecule has 3 rings (SSSR count). The van der Waals surface area contributed by atoms with Crippen molar-refractivity contribution in [3.8, 4) is 0 Å². The molecule has 2 aliphatic rings. The number of hydrogen-bond donors (Lipinski definition) is 3. The van der Waals surface area contributed by atoms with Gasteiger partial charge in [-0.05, 0) is 36.7 Å². The molecule has 0 bridgehead atoms. The van der Waals surface area contributed by atoms with Crippen molar-refractivity contribution < 1.29 is 38.5 Å². The third-order valence-corrected chi connectivity index (χ3v) is 7.44. The largest absolute Gasteiger partial charge is 0.466 e. The lowest BCUT2D eigenvalue weighted by molar-refractivity contribution is -0.164. The normalized spacial score (nSPS) is 25.8. The van der Waals surface area contributed by atoms with E-state index in [9.17, 15) is 24.3 Å². The predicted octanol–water partition coefficient (Wildman–Crippen LogP) is 3.78. The molecule has 0 radical (unpaired) electrons. The fourth-order valence-corrected chi connectivity index (χ4v) is 5.30. The molecule has 1 saturated heterocycles. The summed E-state index contributed by atoms with van der Waals surface area (Å²) < 4.78 is 16.3. The minimum absolute atomic E-state index is 0.00409. The number of rotatable bonds is 7. The van der Waals surface area contributed by atoms with Crippen LogP contribution >= 0.6 is 0 Å². The van der Waals surface area contributed by atoms with Crippen molar-refractivity contribution in [2.45, 2.75) is 109 Å². The number of aliphatic hydroxyl groups excluding tert-OH is 1. The van der Waals surface area contributed by atoms with Gasteiger partial charge in [-0.2, -0.15) is 0 Å². The Bertz CT molecular complexity index is 964. The third-order valence-electron chi connectivity index (χ3n) is 7.44. The van der Waals surface area contributed by atoms with E-state index in [2.05, 4.69) is 10.6 Å². The highest BCUT2D eigenvalue weighted by molar-refractivity contribution is 5.86. The summed E-state index contributed by atoms with van der Waals surface area (Å²) in [5, 5.41) is 16.4. The highest BCUT2D eigenvalue weighted by Crippen LogP contribution is 2.28. The molecule has 1 heterocycles. The highest BCUT2D eigenvalue weighted by atomic mass is 16.6. The number of esters is 2. The van der Waals surface area contributed by atoms with Crippen molar-refractivity contribution in [1.29, 1.82) is 0 Å². The van der Waals surface area contributed by atoms with E-state index in [0.717, 1.165) is 37.7 Å². The molecule has 4 atom stereocenters. The van der Waals surface area contributed by atoms with E-state index in [1.54, 1.807) is 0 Å². The van der Waals surface area contributed by atoms with Crippen molar-refractivity contribution in [3.05, 3.63) is 35.9 Å². The van der Waals surface area contributed by atoms with E-state index in [1.165, 1.54) is 0 Å². The molecular formula is C30H44N2O8. The minimum atomic E-state index is -1.58. The van der Waals surface area contributed by atoms with Crippen LogP contribution in [-0.4, -0.2) is 59.9 Å². The van der Waals surface area contributed by atoms with Gasteiger partial charge in [0, 0.05) is 12.8 Å². The summed E-state index contributed by atoms with van der Waals surface area (Å²) in [5.74, 6) is -1.48. The number of ether oxygens (including phenoxy) is 3. The lowest BCUT2D eigenvalue weighted by Gasteiger charge is -2.31. The predicted molar refractivity (Wildman–Crippen MR) is 147 cm³/mol. The van der Waals surface area contributed by atoms with Gasteiger partial charge in [-0.3, -0.25) is 9.59 Å². The second-order valence-electron chi connectivity index (χ2n) is 11.3. The van der Waals surface area contributed by atoms with Crippen LogP contribution < -0.4 is 10.6 Å². The molecule has 0 spiro atoms. The van der Waals surface area contributed by atoms with Crippen LogP contribution in [0.1, 0.15) is 83.6 Å². The summed E-state index contributed by atoms with van der Waals surface area (Å²) in [6.45, 7) is 3.89. The number of carbonyl (C=O) groups excluding carboxylic acids is 4. The zero-order valence-electron chi connectivity index (χ0n) is 23.6. The summed E-state index contributed by atoms with van der Waals surface area (Å²) in [6, 6.07) is 7.12. The van der Waals surface area contributed by atoms with E-state index in [-0.39, 0.29) is 44.3 Å². The smallest absolute Gasteiger partial charge is 0.408 e. The average molecular weight is 561 g/mol. The summed E-state index contributed by atoms with van der Waals surface area (Å²) in [6.07, 6.45) is 3.46. The molecule has 3 N–H and O–H groups in total. The fourth-order valence-electron chi connectivity index (χ4n) is 5.30. The number of aliphatic hydroxyl groups is 1. The maximum atomic E-state index is 13.4. The maximum Gasteiger partial charge on any atom is 0.408 e. The van der Waals surface area contributed by atoms with Crippen molar-refractivity contribution in [1.82, 2.24) is 10.6 Å². The Morgan fingerprint density at radius 2 is 1.80 bits per heavy atom. The molecule has 1 saturated carbocycles. The van der Waals surface area contributed by atoms with E-state index in [0.29, 0.717) is 12.8 Å². The number of cyclic esters (lactones) is 2. The lowest BCUT2D eigenvalue weighted by Crippen LogP contribution is -2.55. The van der Waals surface area contributed by atoms with E-state index < -0.39 is 48.2 Å². The van der Waals surface area contributed by atoms with Gasteiger partial charge >= 0.3 is 18.0 Å². The minimum Gasteiger partial charge on any atom is -0.466 e. The van der Waals surface area contributed by atoms with Gasteiger partial charge in [0.05, 0.1) is 12.6 Å². The van der Waals surface area contributed by atoms with Crippen molar-refractivity contribution in [2.24, 2.45) is 11.8 Å². The molecule has 2 amide bonds. The Balaban J connectivity index is 1.75. The van der Waals surface area contributed by atoms with Crippen LogP contribution in [0.4, 0.5) is 4.79 Å². The highest BCUT2D eigenvalue weighted by Gasteiger charge is 2.35. The van der Waals surface area contributed by atoms with Gasteiger partial charge in [-0.15, -0.1) is 0 Å². The average Bonchev–Trinajstić information content (AvgIpc) is 2.93. The Kier molecular flexibility index (Phi) is 12.7. The zero-order valence-corrected chi connectivity index (χ0v) is 23.6. The molecule has 0 aromatic heterocycles. The Morgan fingerprint density at radius 3 is 2.50 bits per heavy atom. The molecule has 1 aromatic rings. The molecular weight excluding hydrogens is 516 g/mol. The number of carbonyl (C=O) groups is 4. The molecule has 10 nitrogen and oxygen atoms in total. The maximum absolute atomic E-state index is 13.4. The van der Waals surface area contributed by atoms with Gasteiger partial charge in [-0.1, -0.05) is 76.3 Å². The number of alkyl carbamates (subject to hydrolysis) is 1. The van der Waals surface area contributed by atoms with Crippen LogP contribution in [0.25, 0.3) is 0 Å². The van der Waals surface area contributed by atoms with E-state index >= 15 is 0 Å². The topological polar surface area (TPSA) is 140 Å². The fraction of sp³-hybridized carbons (Fsp3) is 0.667. The van der Waals surface area contributed by atoms with Crippen LogP contribution in [0.2, 0.25) is 0 Å². The van der Waals surface area contributed by atoms with Crippen LogP contribution in [0.5, 0.6) is 0 Å². The lowest BCUT2D eigenvalue weighted by atomic mass is 9.83. The first-order valence-corrected chi connectivity index (χ1v) is 14.5. The zero-order chi connectivity index (χ0) is 28.9. The van der Waals surface area contributed by atoms with Crippen LogP contribution in [0.3, 0.4) is 0 Å². The van der Waals surface area contributed by atoms with Gasteiger partial charge in [-0.25, -0.2) is 9.59 Å². The third kappa shape index (κ3) is 10.8. The molecule has 2 fully saturated rings. The first-order valence-electron chi connectivity index (χ1n) is 14.5. The monoisotopic (exact) mass is 560 g/mol. The Labute approximate surface area is 236 Å². The van der Waals surface area contributed by atoms with Gasteiger partial charge in [0.25, 0.3) is 0 Å². The van der Waals surface area contributed by atoms with Crippen LogP contribution in [0.15, 0.2) is 30.3 Å². The van der Waals surface area contributed by atoms with Gasteiger partial charge in [0.15, 0.2) is 6.10 Å². The van der Waals surface area contributed by atoms with Crippen molar-refractivity contribution >= 4 is 23.9 Å². The molecule has 10 heteroatoms. The van der Waals surface area contributed by atoms with Crippen LogP contribution in [-0.2, 0) is 35.2 Å². The SMILES string of the molecule is CC(C)CC1CCC(=O)OCC[C@H](NC(=O)OCc2ccccc2)C(=O)N[C@@H](CC2CCCCC2)[C@@H](O)C(=O)O1. The molecule has 1 aliphatic heterocycles. The first kappa shape index (κ1) is 31.4. The van der Waals surface area contributed by atoms with E-state index in [1.807, 2.05) is 44.2 Å². The number of benzene rings is 1. The summed E-state index contributed by atoms with van der Waals surface area (Å²) in [5.41, 5.74) is 0.784. The van der Waals surface area contributed by atoms with E-state index in [4.69, 9.17) is 14.2 Å². The second-order valence-corrected chi connectivity index (χ2v) is 11.3. The number of amides is 2. The first-order chi connectivity index (χ1) is 19.2. The van der Waals surface area contributed by atoms with Gasteiger partial charge in [0.2, 0.25) is 5.91 Å². The Morgan fingerprint density at radius 1 is 1.07 bits per heavy atom. The van der Waals surface area contributed by atoms with Crippen molar-refractivity contribution in [2.75, 3.05) is 6.61 Å². The van der Waals surface area contributed by atoms with Gasteiger partial charge < -0.3 is 30.0 Å². The quantitative estimate of drug-likeness (QED) is 0.338. The number of hydrogen-bond acceptors (Lipinski definition) is 8.